The quantitative estimate of drug-likeness (QED) is 0.0698. The van der Waals surface area contributed by atoms with Gasteiger partial charge in [0, 0.05) is 213 Å². The SMILES string of the molecule is CC(C)(C)c1ccc(O)c2ncccc12.COc1ccc(O)c2nc(C)ccc12.Cc1ccc2c(C)ccc(O)c2n1.Cc1cccc(C)c1-c1ccc(O)c2ncccc12.Cn1c(-c2ccccc2O)nc(-c2ccccc2)c1-c1ccccc1.Cn1c(-c2ccccc2O)nc2ccccc21.Oc1ccccc1-c1nc2ccccc2n1-c1ccccc1.[Zn].[Zn].[Zn].[Zn].[Zn].[Zn].[Zn]. The zero-order chi connectivity index (χ0) is 88.0. The fraction of sp³-hybridized carbons (Fsp3) is 0.112. The third kappa shape index (κ3) is 24.6. The van der Waals surface area contributed by atoms with Crippen LogP contribution in [-0.2, 0) is 156 Å². The normalized spacial score (nSPS) is 10.3. The van der Waals surface area contributed by atoms with Gasteiger partial charge >= 0.3 is 0 Å². The number of benzene rings is 13. The molecule has 13 aromatic carbocycles. The average molecular weight is 2110 g/mol. The van der Waals surface area contributed by atoms with E-state index in [1.165, 1.54) is 22.3 Å². The monoisotopic (exact) mass is 2100 g/mol. The minimum atomic E-state index is 0. The fourth-order valence-electron chi connectivity index (χ4n) is 15.2. The van der Waals surface area contributed by atoms with Gasteiger partial charge in [-0.2, -0.15) is 0 Å². The Bertz CT molecular complexity index is 7230. The van der Waals surface area contributed by atoms with Gasteiger partial charge in [0.2, 0.25) is 0 Å². The van der Waals surface area contributed by atoms with Crippen LogP contribution in [-0.4, -0.2) is 91.4 Å². The summed E-state index contributed by atoms with van der Waals surface area (Å²) in [5, 5.41) is 73.0. The third-order valence-electron chi connectivity index (χ3n) is 21.4. The molecule has 0 aliphatic heterocycles. The van der Waals surface area contributed by atoms with E-state index in [2.05, 4.69) is 107 Å². The fourth-order valence-corrected chi connectivity index (χ4v) is 15.2. The maximum absolute atomic E-state index is 10.3. The third-order valence-corrected chi connectivity index (χ3v) is 21.4. The molecule has 0 saturated carbocycles. The van der Waals surface area contributed by atoms with Crippen molar-refractivity contribution < 1.29 is 177 Å². The summed E-state index contributed by atoms with van der Waals surface area (Å²) >= 11 is 0. The number of aromatic hydroxyl groups is 7. The number of fused-ring (bicyclic) bond motifs is 6. The molecule has 636 valence electrons. The van der Waals surface area contributed by atoms with Crippen molar-refractivity contribution in [1.29, 1.82) is 0 Å². The summed E-state index contributed by atoms with van der Waals surface area (Å²) in [5.74, 6) is 4.63. The number of methoxy groups -OCH3 is 1. The van der Waals surface area contributed by atoms with Crippen LogP contribution >= 0.6 is 0 Å². The molecule has 7 heterocycles. The number of rotatable bonds is 8. The minimum absolute atomic E-state index is 0. The predicted molar refractivity (Wildman–Crippen MR) is 505 cm³/mol. The van der Waals surface area contributed by atoms with E-state index in [0.29, 0.717) is 22.1 Å². The Hall–Kier alpha value is -11.6. The molecule has 0 aliphatic rings. The molecule has 25 heteroatoms. The van der Waals surface area contributed by atoms with E-state index in [-0.39, 0.29) is 182 Å². The maximum Gasteiger partial charge on any atom is 0.149 e. The first-order valence-electron chi connectivity index (χ1n) is 40.8. The first-order chi connectivity index (χ1) is 60.4. The van der Waals surface area contributed by atoms with E-state index >= 15 is 0 Å². The van der Waals surface area contributed by atoms with Gasteiger partial charge in [-0.25, -0.2) is 24.9 Å². The summed E-state index contributed by atoms with van der Waals surface area (Å²) in [6, 6.07) is 104. The maximum atomic E-state index is 10.3. The molecular formula is C107H96N10O8Zn7. The molecule has 0 aliphatic carbocycles. The number of para-hydroxylation sites is 8. The molecule has 20 rings (SSSR count). The Balaban J connectivity index is 0.000000211. The van der Waals surface area contributed by atoms with Crippen LogP contribution in [0.2, 0.25) is 0 Å². The topological polar surface area (TPSA) is 256 Å². The standard InChI is InChI=1S/C22H18N2O.C19H14N2O.C17H15NO.C14H12N2O.C13H15NO.C11H11NO2.C11H11NO.7Zn/c1-24-21(17-12-6-3-7-13-17)20(16-10-4-2-5-11-16)23-22(24)18-14-8-9-15-19(18)25;22-18-13-7-4-10-15(18)19-20-16-11-5-6-12-17(16)21(19)14-8-2-1-3-9-14;1-11-5-3-6-12(2)16(11)13-8-9-15(19)17-14(13)7-4-10-18-17;1-16-12-8-4-3-7-11(12)15-14(16)10-6-2-5-9-13(10)17;1-13(2,3)10-6-7-11(15)12-9(10)5-4-8-14-12;1-7-3-4-8-10(14-2)6-5-9(13)11(8)12-7;1-7-3-6-10(13)11-9(7)5-4-8(2)12-11;;;;;;;/h2-15,25H,1H3;1-13,22H;3-10,19H,1-2H3;2-9,17H,1H3;4-8,15H,1-3H3;3-6,13H,1-2H3;3-6,13H,1-2H3;;;;;;;. The van der Waals surface area contributed by atoms with Crippen LogP contribution in [0, 0.1) is 34.6 Å². The molecule has 0 amide bonds. The molecular weight excluding hydrogens is 2010 g/mol. The predicted octanol–water partition coefficient (Wildman–Crippen LogP) is 24.7. The molecule has 7 N–H and O–H groups in total. The van der Waals surface area contributed by atoms with E-state index in [1.54, 1.807) is 68.0 Å². The number of phenols is 7. The van der Waals surface area contributed by atoms with Crippen LogP contribution in [0.5, 0.6) is 46.0 Å². The molecule has 0 unspecified atom stereocenters. The number of nitrogens with zero attached hydrogens (tertiary/aromatic N) is 10. The summed E-state index contributed by atoms with van der Waals surface area (Å²) < 4.78 is 11.3. The van der Waals surface area contributed by atoms with Crippen molar-refractivity contribution in [1.82, 2.24) is 48.6 Å². The zero-order valence-electron chi connectivity index (χ0n) is 76.3. The second kappa shape index (κ2) is 49.2. The van der Waals surface area contributed by atoms with Crippen molar-refractivity contribution >= 4 is 65.7 Å². The number of hydrogen-bond acceptors (Lipinski definition) is 15. The second-order valence-electron chi connectivity index (χ2n) is 31.0. The number of hydrogen-bond donors (Lipinski definition) is 7. The van der Waals surface area contributed by atoms with Gasteiger partial charge in [0.1, 0.15) is 85.5 Å². The van der Waals surface area contributed by atoms with E-state index < -0.39 is 0 Å². The van der Waals surface area contributed by atoms with Gasteiger partial charge in [0.05, 0.1) is 57.3 Å². The molecule has 7 aromatic heterocycles. The van der Waals surface area contributed by atoms with Crippen molar-refractivity contribution in [2.45, 2.75) is 60.8 Å². The van der Waals surface area contributed by atoms with E-state index in [9.17, 15) is 35.7 Å². The number of pyridine rings is 4. The first kappa shape index (κ1) is 107. The Kier molecular flexibility index (Phi) is 40.1. The summed E-state index contributed by atoms with van der Waals surface area (Å²) in [6.07, 6.45) is 3.41. The Labute approximate surface area is 857 Å². The van der Waals surface area contributed by atoms with Gasteiger partial charge in [-0.1, -0.05) is 209 Å². The van der Waals surface area contributed by atoms with Gasteiger partial charge in [-0.3, -0.25) is 14.5 Å². The van der Waals surface area contributed by atoms with Gasteiger partial charge in [-0.15, -0.1) is 0 Å². The smallest absolute Gasteiger partial charge is 0.149 e. The van der Waals surface area contributed by atoms with Crippen LogP contribution in [0.15, 0.2) is 340 Å². The molecule has 0 radical (unpaired) electrons. The summed E-state index contributed by atoms with van der Waals surface area (Å²) in [6.45, 7) is 16.5. The molecule has 0 saturated heterocycles. The first-order valence-corrected chi connectivity index (χ1v) is 40.8. The summed E-state index contributed by atoms with van der Waals surface area (Å²) in [4.78, 5) is 31.2. The van der Waals surface area contributed by atoms with Gasteiger partial charge in [0.25, 0.3) is 0 Å². The number of aromatic nitrogens is 10. The van der Waals surface area contributed by atoms with Crippen LogP contribution in [0.4, 0.5) is 0 Å². The van der Waals surface area contributed by atoms with E-state index in [4.69, 9.17) is 14.7 Å². The van der Waals surface area contributed by atoms with E-state index in [1.807, 2.05) is 281 Å². The number of phenolic OH excluding ortho intramolecular Hbond substituents is 7. The van der Waals surface area contributed by atoms with Crippen molar-refractivity contribution in [3.05, 3.63) is 374 Å². The molecule has 0 spiro atoms. The molecule has 132 heavy (non-hydrogen) atoms. The molecule has 0 atom stereocenters. The van der Waals surface area contributed by atoms with Crippen LogP contribution in [0.25, 0.3) is 139 Å². The van der Waals surface area contributed by atoms with Crippen molar-refractivity contribution in [3.8, 4) is 119 Å². The summed E-state index contributed by atoms with van der Waals surface area (Å²) in [5.41, 5.74) is 22.9. The van der Waals surface area contributed by atoms with Crippen LogP contribution in [0.3, 0.4) is 0 Å². The van der Waals surface area contributed by atoms with E-state index in [0.717, 1.165) is 134 Å². The number of imidazole rings is 3. The Morgan fingerprint density at radius 2 is 0.712 bits per heavy atom. The van der Waals surface area contributed by atoms with Crippen molar-refractivity contribution in [2.75, 3.05) is 7.11 Å². The number of aryl methyl sites for hydroxylation is 6. The molecule has 0 bridgehead atoms. The number of ether oxygens (including phenoxy) is 1. The second-order valence-corrected chi connectivity index (χ2v) is 31.0. The summed E-state index contributed by atoms with van der Waals surface area (Å²) in [7, 11) is 5.55. The van der Waals surface area contributed by atoms with Crippen molar-refractivity contribution in [2.24, 2.45) is 14.1 Å². The molecule has 18 nitrogen and oxygen atoms in total. The van der Waals surface area contributed by atoms with Gasteiger partial charge in [-0.05, 0) is 213 Å². The van der Waals surface area contributed by atoms with Crippen LogP contribution < -0.4 is 4.74 Å². The Morgan fingerprint density at radius 3 is 1.24 bits per heavy atom. The average Bonchev–Trinajstić information content (AvgIpc) is 1.64. The largest absolute Gasteiger partial charge is 0.507 e. The zero-order valence-corrected chi connectivity index (χ0v) is 97.1. The molecule has 0 fully saturated rings. The van der Waals surface area contributed by atoms with Gasteiger partial charge in [0.15, 0.2) is 0 Å². The van der Waals surface area contributed by atoms with Crippen LogP contribution in [0.1, 0.15) is 54.4 Å². The Morgan fingerprint density at radius 1 is 0.295 bits per heavy atom. The molecule has 20 aromatic rings. The van der Waals surface area contributed by atoms with Crippen molar-refractivity contribution in [3.63, 3.8) is 0 Å². The minimum Gasteiger partial charge on any atom is -0.507 e. The van der Waals surface area contributed by atoms with Gasteiger partial charge < -0.3 is 49.6 Å².